The van der Waals surface area contributed by atoms with Gasteiger partial charge in [0.05, 0.1) is 4.90 Å². The molecule has 2 aromatic carbocycles. The van der Waals surface area contributed by atoms with Crippen LogP contribution >= 0.6 is 0 Å². The molecule has 2 aromatic heterocycles. The lowest BCUT2D eigenvalue weighted by Gasteiger charge is -2.38. The Morgan fingerprint density at radius 2 is 1.82 bits per heavy atom. The number of H-pyrrole nitrogens is 1. The summed E-state index contributed by atoms with van der Waals surface area (Å²) in [7, 11) is -4.23. The van der Waals surface area contributed by atoms with Gasteiger partial charge in [-0.25, -0.2) is 12.8 Å². The number of carbonyl (C=O) groups excluding carboxylic acids is 1. The van der Waals surface area contributed by atoms with E-state index in [1.165, 1.54) is 18.2 Å². The fraction of sp³-hybridized carbons (Fsp3) is 0.333. The predicted molar refractivity (Wildman–Crippen MR) is 149 cm³/mol. The van der Waals surface area contributed by atoms with Gasteiger partial charge in [0.15, 0.2) is 0 Å². The number of fused-ring (bicyclic) bond motifs is 1. The van der Waals surface area contributed by atoms with Gasteiger partial charge in [0.2, 0.25) is 15.9 Å². The zero-order valence-corrected chi connectivity index (χ0v) is 22.7. The summed E-state index contributed by atoms with van der Waals surface area (Å²) < 4.78 is 43.4. The van der Waals surface area contributed by atoms with Gasteiger partial charge in [0, 0.05) is 47.4 Å². The molecule has 39 heavy (non-hydrogen) atoms. The Morgan fingerprint density at radius 3 is 2.56 bits per heavy atom. The normalized spacial score (nSPS) is 17.0. The number of nitrogens with zero attached hydrogens (tertiary/aromatic N) is 1. The van der Waals surface area contributed by atoms with Crippen LogP contribution < -0.4 is 10.0 Å². The van der Waals surface area contributed by atoms with Crippen molar-refractivity contribution in [2.45, 2.75) is 61.3 Å². The predicted octanol–water partition coefficient (Wildman–Crippen LogP) is 5.00. The van der Waals surface area contributed by atoms with Crippen molar-refractivity contribution in [2.24, 2.45) is 0 Å². The van der Waals surface area contributed by atoms with E-state index in [0.29, 0.717) is 6.54 Å². The van der Waals surface area contributed by atoms with Crippen LogP contribution in [0.25, 0.3) is 10.9 Å². The molecule has 204 valence electrons. The van der Waals surface area contributed by atoms with E-state index in [1.807, 2.05) is 42.5 Å². The number of carbonyl (C=O) groups is 1. The minimum Gasteiger partial charge on any atom is -0.361 e. The fourth-order valence-electron chi connectivity index (χ4n) is 5.68. The number of rotatable bonds is 9. The van der Waals surface area contributed by atoms with Crippen LogP contribution in [0.5, 0.6) is 0 Å². The molecule has 1 aliphatic rings. The van der Waals surface area contributed by atoms with E-state index < -0.39 is 27.3 Å². The number of sulfonamides is 1. The molecule has 0 aliphatic heterocycles. The average Bonchev–Trinajstić information content (AvgIpc) is 3.34. The number of nitrogens with one attached hydrogen (secondary N) is 3. The van der Waals surface area contributed by atoms with Crippen LogP contribution in [0.2, 0.25) is 0 Å². The molecule has 4 aromatic rings. The van der Waals surface area contributed by atoms with Crippen molar-refractivity contribution < 1.29 is 17.6 Å². The van der Waals surface area contributed by atoms with Crippen LogP contribution in [0.4, 0.5) is 4.39 Å². The van der Waals surface area contributed by atoms with Crippen molar-refractivity contribution in [3.05, 3.63) is 96.2 Å². The van der Waals surface area contributed by atoms with Crippen molar-refractivity contribution in [2.75, 3.05) is 6.54 Å². The van der Waals surface area contributed by atoms with Crippen LogP contribution in [0.3, 0.4) is 0 Å². The van der Waals surface area contributed by atoms with E-state index in [0.717, 1.165) is 60.3 Å². The highest BCUT2D eigenvalue weighted by molar-refractivity contribution is 7.89. The summed E-state index contributed by atoms with van der Waals surface area (Å²) in [6.07, 6.45) is 8.63. The van der Waals surface area contributed by atoms with Gasteiger partial charge in [0.1, 0.15) is 11.4 Å². The third-order valence-corrected chi connectivity index (χ3v) is 9.39. The van der Waals surface area contributed by atoms with Crippen molar-refractivity contribution in [1.82, 2.24) is 20.0 Å². The van der Waals surface area contributed by atoms with Crippen LogP contribution in [0.15, 0.2) is 84.0 Å². The molecule has 2 heterocycles. The minimum absolute atomic E-state index is 0.0912. The first kappa shape index (κ1) is 27.0. The molecule has 1 aliphatic carbocycles. The lowest BCUT2D eigenvalue weighted by atomic mass is 9.71. The SMILES string of the molecule is C[C@@](Cc1c[nH]c2ccccc12)(NS(=O)(=O)c1cccc(F)c1)C(=O)NCC1(c2ccccn2)CCCCC1. The highest BCUT2D eigenvalue weighted by Crippen LogP contribution is 2.38. The number of aromatic amines is 1. The smallest absolute Gasteiger partial charge is 0.241 e. The molecule has 9 heteroatoms. The first-order valence-corrected chi connectivity index (χ1v) is 14.7. The van der Waals surface area contributed by atoms with E-state index in [4.69, 9.17) is 0 Å². The van der Waals surface area contributed by atoms with E-state index in [9.17, 15) is 17.6 Å². The monoisotopic (exact) mass is 548 g/mol. The van der Waals surface area contributed by atoms with Crippen molar-refractivity contribution in [3.8, 4) is 0 Å². The second-order valence-corrected chi connectivity index (χ2v) is 12.4. The Labute approximate surface area is 228 Å². The molecule has 0 spiro atoms. The molecule has 3 N–H and O–H groups in total. The Balaban J connectivity index is 1.47. The largest absolute Gasteiger partial charge is 0.361 e. The van der Waals surface area contributed by atoms with Crippen LogP contribution in [-0.2, 0) is 26.7 Å². The molecular formula is C30H33FN4O3S. The topological polar surface area (TPSA) is 104 Å². The molecule has 1 saturated carbocycles. The van der Waals surface area contributed by atoms with Gasteiger partial charge in [-0.15, -0.1) is 0 Å². The molecule has 5 rings (SSSR count). The van der Waals surface area contributed by atoms with Crippen LogP contribution in [0.1, 0.15) is 50.3 Å². The maximum Gasteiger partial charge on any atom is 0.241 e. The van der Waals surface area contributed by atoms with E-state index >= 15 is 0 Å². The van der Waals surface area contributed by atoms with Gasteiger partial charge in [0.25, 0.3) is 0 Å². The Kier molecular flexibility index (Phi) is 7.55. The number of amides is 1. The number of hydrogen-bond donors (Lipinski definition) is 3. The van der Waals surface area contributed by atoms with E-state index in [1.54, 1.807) is 19.3 Å². The number of benzene rings is 2. The summed E-state index contributed by atoms with van der Waals surface area (Å²) in [5, 5.41) is 3.99. The van der Waals surface area contributed by atoms with Gasteiger partial charge in [-0.05, 0) is 61.7 Å². The number of hydrogen-bond acceptors (Lipinski definition) is 4. The van der Waals surface area contributed by atoms with Gasteiger partial charge in [-0.3, -0.25) is 9.78 Å². The van der Waals surface area contributed by atoms with Gasteiger partial charge >= 0.3 is 0 Å². The van der Waals surface area contributed by atoms with Gasteiger partial charge in [-0.2, -0.15) is 4.72 Å². The standard InChI is InChI=1S/C30H33FN4O3S/c1-29(19-22-20-33-26-13-4-3-12-25(22)26,35-39(37,38)24-11-9-10-23(31)18-24)28(36)34-21-30(15-6-2-7-16-30)27-14-5-8-17-32-27/h3-5,8-14,17-18,20,33,35H,2,6-7,15-16,19,21H2,1H3,(H,34,36)/t29-/m0/s1. The molecule has 0 saturated heterocycles. The first-order valence-electron chi connectivity index (χ1n) is 13.3. The lowest BCUT2D eigenvalue weighted by Crippen LogP contribution is -2.59. The summed E-state index contributed by atoms with van der Waals surface area (Å²) in [5.74, 6) is -1.12. The number of pyridine rings is 1. The molecule has 1 atom stereocenters. The van der Waals surface area contributed by atoms with E-state index in [2.05, 4.69) is 20.0 Å². The summed E-state index contributed by atoms with van der Waals surface area (Å²) >= 11 is 0. The highest BCUT2D eigenvalue weighted by Gasteiger charge is 2.41. The van der Waals surface area contributed by atoms with Crippen molar-refractivity contribution in [3.63, 3.8) is 0 Å². The Hall–Kier alpha value is -3.56. The molecular weight excluding hydrogens is 515 g/mol. The quantitative estimate of drug-likeness (QED) is 0.274. The lowest BCUT2D eigenvalue weighted by molar-refractivity contribution is -0.126. The number of halogens is 1. The minimum atomic E-state index is -4.23. The molecule has 0 bridgehead atoms. The molecule has 1 fully saturated rings. The summed E-state index contributed by atoms with van der Waals surface area (Å²) in [6, 6.07) is 18.3. The molecule has 7 nitrogen and oxygen atoms in total. The molecule has 0 radical (unpaired) electrons. The number of aromatic nitrogens is 2. The summed E-state index contributed by atoms with van der Waals surface area (Å²) in [6.45, 7) is 1.92. The van der Waals surface area contributed by atoms with Gasteiger partial charge < -0.3 is 10.3 Å². The van der Waals surface area contributed by atoms with Crippen molar-refractivity contribution in [1.29, 1.82) is 0 Å². The Bertz CT molecular complexity index is 1570. The second kappa shape index (κ2) is 10.9. The molecule has 1 amide bonds. The van der Waals surface area contributed by atoms with Crippen LogP contribution in [0, 0.1) is 5.82 Å². The maximum absolute atomic E-state index is 14.0. The molecule has 0 unspecified atom stereocenters. The fourth-order valence-corrected chi connectivity index (χ4v) is 7.09. The van der Waals surface area contributed by atoms with Crippen molar-refractivity contribution >= 4 is 26.8 Å². The number of para-hydroxylation sites is 1. The van der Waals surface area contributed by atoms with Crippen LogP contribution in [-0.4, -0.2) is 36.4 Å². The summed E-state index contributed by atoms with van der Waals surface area (Å²) in [5.41, 5.74) is 0.736. The zero-order chi connectivity index (χ0) is 27.5. The first-order chi connectivity index (χ1) is 18.7. The average molecular weight is 549 g/mol. The van der Waals surface area contributed by atoms with E-state index in [-0.39, 0.29) is 16.7 Å². The highest BCUT2D eigenvalue weighted by atomic mass is 32.2. The van der Waals surface area contributed by atoms with Gasteiger partial charge in [-0.1, -0.05) is 49.6 Å². The second-order valence-electron chi connectivity index (χ2n) is 10.7. The zero-order valence-electron chi connectivity index (χ0n) is 21.9. The Morgan fingerprint density at radius 1 is 1.05 bits per heavy atom. The third kappa shape index (κ3) is 5.74. The third-order valence-electron chi connectivity index (χ3n) is 7.79. The maximum atomic E-state index is 14.0. The summed E-state index contributed by atoms with van der Waals surface area (Å²) in [4.78, 5) is 21.5.